The molecule has 0 aliphatic heterocycles. The predicted octanol–water partition coefficient (Wildman–Crippen LogP) is 10.3. The SMILES string of the molecule is C=CN.COC1C=CCCC1C1(C2=CCCC=C2)c2cc(Cc3ccccc3)ccc2-c2c1ccc1ccccc21.Nc1ccccc1. The topological polar surface area (TPSA) is 61.3 Å². The Morgan fingerprint density at radius 1 is 0.792 bits per heavy atom. The summed E-state index contributed by atoms with van der Waals surface area (Å²) in [7, 11) is 1.88. The summed E-state index contributed by atoms with van der Waals surface area (Å²) in [6, 6.07) is 41.3. The second kappa shape index (κ2) is 15.2. The van der Waals surface area contributed by atoms with Crippen LogP contribution in [0.15, 0.2) is 164 Å². The van der Waals surface area contributed by atoms with E-state index in [1.165, 1.54) is 55.9 Å². The molecule has 3 unspecified atom stereocenters. The zero-order valence-corrected chi connectivity index (χ0v) is 27.9. The standard InChI is InChI=1S/C37H34O.C6H7N.C2H5N/c1-38-35-19-11-10-18-32(35)37(29-15-6-3-7-16-29)33-23-21-28-14-8-9-17-30(28)36(33)31-22-20-27(25-34(31)37)24-26-12-4-2-5-13-26;7-6-4-2-1-3-5-6;1-2-3/h2,4-6,8-9,11-17,19-23,25,32,35H,3,7,10,18,24H2,1H3;1-5H,7H2;2H,1,3H2. The van der Waals surface area contributed by atoms with Crippen molar-refractivity contribution in [1.29, 1.82) is 0 Å². The fourth-order valence-electron chi connectivity index (χ4n) is 7.91. The van der Waals surface area contributed by atoms with Crippen LogP contribution >= 0.6 is 0 Å². The quantitative estimate of drug-likeness (QED) is 0.150. The Morgan fingerprint density at radius 3 is 2.21 bits per heavy atom. The summed E-state index contributed by atoms with van der Waals surface area (Å²) in [5, 5.41) is 2.66. The maximum Gasteiger partial charge on any atom is 0.0795 e. The first kappa shape index (κ1) is 32.8. The largest absolute Gasteiger partial charge is 0.405 e. The van der Waals surface area contributed by atoms with E-state index in [-0.39, 0.29) is 11.5 Å². The fourth-order valence-corrected chi connectivity index (χ4v) is 7.91. The number of nitrogens with two attached hydrogens (primary N) is 2. The fraction of sp³-hybridized carbons (Fsp3) is 0.200. The number of anilines is 1. The minimum absolute atomic E-state index is 0.0722. The molecule has 48 heavy (non-hydrogen) atoms. The van der Waals surface area contributed by atoms with E-state index in [4.69, 9.17) is 10.5 Å². The number of para-hydroxylation sites is 1. The Labute approximate surface area is 286 Å². The van der Waals surface area contributed by atoms with Crippen LogP contribution in [0.2, 0.25) is 0 Å². The molecule has 0 saturated carbocycles. The molecule has 8 rings (SSSR count). The highest BCUT2D eigenvalue weighted by molar-refractivity contribution is 6.03. The maximum atomic E-state index is 6.24. The summed E-state index contributed by atoms with van der Waals surface area (Å²) in [6.07, 6.45) is 18.6. The van der Waals surface area contributed by atoms with Gasteiger partial charge in [0.2, 0.25) is 0 Å². The van der Waals surface area contributed by atoms with Crippen molar-refractivity contribution in [1.82, 2.24) is 0 Å². The number of benzene rings is 5. The molecule has 4 N–H and O–H groups in total. The summed E-state index contributed by atoms with van der Waals surface area (Å²) < 4.78 is 6.24. The number of nitrogen functional groups attached to an aromatic ring is 1. The minimum Gasteiger partial charge on any atom is -0.405 e. The van der Waals surface area contributed by atoms with Crippen molar-refractivity contribution < 1.29 is 4.74 Å². The lowest BCUT2D eigenvalue weighted by Gasteiger charge is -2.45. The van der Waals surface area contributed by atoms with Gasteiger partial charge in [-0.3, -0.25) is 0 Å². The van der Waals surface area contributed by atoms with Gasteiger partial charge in [0.25, 0.3) is 0 Å². The number of allylic oxidation sites excluding steroid dienone is 5. The van der Waals surface area contributed by atoms with Crippen LogP contribution in [-0.2, 0) is 16.6 Å². The number of rotatable bonds is 5. The summed E-state index contributed by atoms with van der Waals surface area (Å²) in [5.41, 5.74) is 20.4. The third-order valence-corrected chi connectivity index (χ3v) is 9.83. The first-order valence-corrected chi connectivity index (χ1v) is 17.0. The molecule has 0 fully saturated rings. The lowest BCUT2D eigenvalue weighted by Crippen LogP contribution is -2.44. The molecule has 0 spiro atoms. The van der Waals surface area contributed by atoms with Crippen molar-refractivity contribution in [3.05, 3.63) is 186 Å². The van der Waals surface area contributed by atoms with Gasteiger partial charge in [0.05, 0.1) is 11.5 Å². The molecule has 0 radical (unpaired) electrons. The Morgan fingerprint density at radius 2 is 1.52 bits per heavy atom. The van der Waals surface area contributed by atoms with Crippen LogP contribution in [0.4, 0.5) is 5.69 Å². The van der Waals surface area contributed by atoms with Gasteiger partial charge in [-0.1, -0.05) is 140 Å². The molecule has 3 aliphatic rings. The summed E-state index contributed by atoms with van der Waals surface area (Å²) in [4.78, 5) is 0. The van der Waals surface area contributed by atoms with Gasteiger partial charge in [0, 0.05) is 18.7 Å². The summed E-state index contributed by atoms with van der Waals surface area (Å²) in [5.74, 6) is 0.319. The molecule has 5 aromatic carbocycles. The van der Waals surface area contributed by atoms with E-state index in [2.05, 4.69) is 128 Å². The van der Waals surface area contributed by atoms with Crippen molar-refractivity contribution in [2.75, 3.05) is 12.8 Å². The van der Waals surface area contributed by atoms with E-state index in [1.807, 2.05) is 37.4 Å². The second-order valence-corrected chi connectivity index (χ2v) is 12.7. The first-order valence-electron chi connectivity index (χ1n) is 17.0. The lowest BCUT2D eigenvalue weighted by atomic mass is 9.59. The molecular weight excluding hydrogens is 585 g/mol. The van der Waals surface area contributed by atoms with Crippen LogP contribution in [-0.4, -0.2) is 13.2 Å². The monoisotopic (exact) mass is 630 g/mol. The first-order chi connectivity index (χ1) is 23.6. The summed E-state index contributed by atoms with van der Waals surface area (Å²) >= 11 is 0. The van der Waals surface area contributed by atoms with E-state index >= 15 is 0 Å². The Hall–Kier alpha value is -5.12. The number of fused-ring (bicyclic) bond motifs is 5. The highest BCUT2D eigenvalue weighted by Gasteiger charge is 2.53. The van der Waals surface area contributed by atoms with E-state index in [0.717, 1.165) is 37.8 Å². The normalized spacial score (nSPS) is 20.3. The van der Waals surface area contributed by atoms with Gasteiger partial charge < -0.3 is 16.2 Å². The number of ether oxygens (including phenoxy) is 1. The molecule has 0 heterocycles. The van der Waals surface area contributed by atoms with E-state index in [0.29, 0.717) is 5.92 Å². The highest BCUT2D eigenvalue weighted by Crippen LogP contribution is 2.61. The van der Waals surface area contributed by atoms with Crippen LogP contribution in [0, 0.1) is 5.92 Å². The minimum atomic E-state index is -0.246. The maximum absolute atomic E-state index is 6.24. The van der Waals surface area contributed by atoms with E-state index < -0.39 is 0 Å². The Balaban J connectivity index is 0.000000349. The predicted molar refractivity (Wildman–Crippen MR) is 204 cm³/mol. The molecule has 3 aliphatic carbocycles. The molecule has 3 atom stereocenters. The van der Waals surface area contributed by atoms with Crippen LogP contribution in [0.25, 0.3) is 21.9 Å². The van der Waals surface area contributed by atoms with Crippen LogP contribution in [0.3, 0.4) is 0 Å². The van der Waals surface area contributed by atoms with Gasteiger partial charge in [-0.05, 0) is 100 Å². The van der Waals surface area contributed by atoms with Gasteiger partial charge in [-0.15, -0.1) is 0 Å². The molecule has 0 saturated heterocycles. The van der Waals surface area contributed by atoms with Gasteiger partial charge >= 0.3 is 0 Å². The van der Waals surface area contributed by atoms with Crippen LogP contribution in [0.5, 0.6) is 0 Å². The molecule has 0 aromatic heterocycles. The molecule has 3 nitrogen and oxygen atoms in total. The third-order valence-electron chi connectivity index (χ3n) is 9.83. The molecule has 5 aromatic rings. The smallest absolute Gasteiger partial charge is 0.0795 e. The third kappa shape index (κ3) is 6.39. The average Bonchev–Trinajstić information content (AvgIpc) is 3.44. The van der Waals surface area contributed by atoms with E-state index in [9.17, 15) is 0 Å². The van der Waals surface area contributed by atoms with Crippen molar-refractivity contribution in [3.8, 4) is 11.1 Å². The van der Waals surface area contributed by atoms with Crippen molar-refractivity contribution in [2.24, 2.45) is 11.7 Å². The Bertz CT molecular complexity index is 1940. The van der Waals surface area contributed by atoms with Gasteiger partial charge in [-0.2, -0.15) is 0 Å². The molecule has 0 amide bonds. The van der Waals surface area contributed by atoms with Gasteiger partial charge in [-0.25, -0.2) is 0 Å². The van der Waals surface area contributed by atoms with Crippen molar-refractivity contribution >= 4 is 16.5 Å². The molecule has 0 bridgehead atoms. The highest BCUT2D eigenvalue weighted by atomic mass is 16.5. The van der Waals surface area contributed by atoms with Crippen molar-refractivity contribution in [2.45, 2.75) is 43.6 Å². The van der Waals surface area contributed by atoms with E-state index in [1.54, 1.807) is 0 Å². The van der Waals surface area contributed by atoms with Crippen LogP contribution < -0.4 is 11.5 Å². The number of hydrogen-bond donors (Lipinski definition) is 2. The lowest BCUT2D eigenvalue weighted by molar-refractivity contribution is 0.0587. The average molecular weight is 631 g/mol. The zero-order valence-electron chi connectivity index (χ0n) is 27.9. The number of methoxy groups -OCH3 is 1. The number of hydrogen-bond acceptors (Lipinski definition) is 3. The van der Waals surface area contributed by atoms with Crippen LogP contribution in [0.1, 0.15) is 47.9 Å². The second-order valence-electron chi connectivity index (χ2n) is 12.7. The Kier molecular flexibility index (Phi) is 10.4. The molecule has 242 valence electrons. The molecular formula is C45H46N2O. The van der Waals surface area contributed by atoms with Gasteiger partial charge in [0.15, 0.2) is 0 Å². The van der Waals surface area contributed by atoms with Crippen molar-refractivity contribution in [3.63, 3.8) is 0 Å². The molecule has 3 heteroatoms. The summed E-state index contributed by atoms with van der Waals surface area (Å²) in [6.45, 7) is 3.14. The zero-order chi connectivity index (χ0) is 33.3. The van der Waals surface area contributed by atoms with Gasteiger partial charge in [0.1, 0.15) is 0 Å².